The lowest BCUT2D eigenvalue weighted by Crippen LogP contribution is -2.41. The van der Waals surface area contributed by atoms with Crippen LogP contribution in [0.3, 0.4) is 0 Å². The molecule has 0 fully saturated rings. The van der Waals surface area contributed by atoms with E-state index in [1.807, 2.05) is 24.3 Å². The topological polar surface area (TPSA) is 75.7 Å². The van der Waals surface area contributed by atoms with Gasteiger partial charge >= 0.3 is 0 Å². The first kappa shape index (κ1) is 22.8. The molecular weight excluding hydrogens is 395 g/mol. The Hall–Kier alpha value is -2.45. The molecule has 8 heteroatoms. The zero-order valence-electron chi connectivity index (χ0n) is 16.9. The molecule has 0 spiro atoms. The van der Waals surface area contributed by atoms with E-state index < -0.39 is 28.3 Å². The molecule has 0 unspecified atom stereocenters. The summed E-state index contributed by atoms with van der Waals surface area (Å²) in [5, 5.41) is 2.64. The molecule has 0 atom stereocenters. The van der Waals surface area contributed by atoms with E-state index in [2.05, 4.69) is 19.2 Å². The van der Waals surface area contributed by atoms with Crippen LogP contribution in [-0.2, 0) is 21.4 Å². The van der Waals surface area contributed by atoms with E-state index in [0.717, 1.165) is 21.9 Å². The van der Waals surface area contributed by atoms with Crippen molar-refractivity contribution >= 4 is 15.9 Å². The van der Waals surface area contributed by atoms with E-state index in [1.54, 1.807) is 6.07 Å². The van der Waals surface area contributed by atoms with Crippen molar-refractivity contribution in [2.24, 2.45) is 0 Å². The van der Waals surface area contributed by atoms with Gasteiger partial charge in [-0.2, -0.15) is 4.31 Å². The third kappa shape index (κ3) is 7.14. The SMILES string of the molecule is CC(C)c1ccccc1OCCNC(=O)CN(Cc1ccccc1F)S(C)(=O)=O. The molecule has 2 rings (SSSR count). The number of rotatable bonds is 10. The van der Waals surface area contributed by atoms with Gasteiger partial charge in [0.1, 0.15) is 18.2 Å². The van der Waals surface area contributed by atoms with Crippen LogP contribution in [0.5, 0.6) is 5.75 Å². The molecule has 158 valence electrons. The monoisotopic (exact) mass is 422 g/mol. The maximum atomic E-state index is 13.8. The molecule has 2 aromatic rings. The summed E-state index contributed by atoms with van der Waals surface area (Å²) in [5.41, 5.74) is 1.28. The summed E-state index contributed by atoms with van der Waals surface area (Å²) in [6.07, 6.45) is 0.993. The van der Waals surface area contributed by atoms with Gasteiger partial charge in [0.25, 0.3) is 0 Å². The van der Waals surface area contributed by atoms with Gasteiger partial charge in [0, 0.05) is 12.1 Å². The van der Waals surface area contributed by atoms with Crippen molar-refractivity contribution in [2.75, 3.05) is 26.0 Å². The van der Waals surface area contributed by atoms with Crippen LogP contribution in [0, 0.1) is 5.82 Å². The summed E-state index contributed by atoms with van der Waals surface area (Å²) in [6, 6.07) is 13.6. The molecule has 0 aliphatic heterocycles. The molecule has 6 nitrogen and oxygen atoms in total. The maximum absolute atomic E-state index is 13.8. The van der Waals surface area contributed by atoms with Gasteiger partial charge in [0.2, 0.25) is 15.9 Å². The fraction of sp³-hybridized carbons (Fsp3) is 0.381. The molecule has 0 heterocycles. The fourth-order valence-electron chi connectivity index (χ4n) is 2.76. The second-order valence-electron chi connectivity index (χ2n) is 7.01. The number of sulfonamides is 1. The lowest BCUT2D eigenvalue weighted by atomic mass is 10.0. The van der Waals surface area contributed by atoms with Crippen LogP contribution in [0.25, 0.3) is 0 Å². The molecule has 0 radical (unpaired) electrons. The van der Waals surface area contributed by atoms with Crippen molar-refractivity contribution < 1.29 is 22.3 Å². The van der Waals surface area contributed by atoms with E-state index in [0.29, 0.717) is 5.92 Å². The molecule has 1 N–H and O–H groups in total. The summed E-state index contributed by atoms with van der Waals surface area (Å²) < 4.78 is 44.5. The highest BCUT2D eigenvalue weighted by Crippen LogP contribution is 2.25. The number of amides is 1. The van der Waals surface area contributed by atoms with Crippen molar-refractivity contribution in [2.45, 2.75) is 26.3 Å². The number of para-hydroxylation sites is 1. The third-order valence-electron chi connectivity index (χ3n) is 4.32. The highest BCUT2D eigenvalue weighted by atomic mass is 32.2. The summed E-state index contributed by atoms with van der Waals surface area (Å²) in [7, 11) is -3.69. The van der Waals surface area contributed by atoms with E-state index in [4.69, 9.17) is 4.74 Å². The summed E-state index contributed by atoms with van der Waals surface area (Å²) >= 11 is 0. The summed E-state index contributed by atoms with van der Waals surface area (Å²) in [5.74, 6) is 0.0721. The molecule has 1 amide bonds. The van der Waals surface area contributed by atoms with Crippen LogP contribution >= 0.6 is 0 Å². The highest BCUT2D eigenvalue weighted by molar-refractivity contribution is 7.88. The Labute approximate surface area is 171 Å². The minimum atomic E-state index is -3.69. The average molecular weight is 423 g/mol. The van der Waals surface area contributed by atoms with Crippen LogP contribution in [0.15, 0.2) is 48.5 Å². The number of carbonyl (C=O) groups excluding carboxylic acids is 1. The van der Waals surface area contributed by atoms with Gasteiger partial charge in [-0.15, -0.1) is 0 Å². The van der Waals surface area contributed by atoms with Crippen molar-refractivity contribution in [1.82, 2.24) is 9.62 Å². The predicted octanol–water partition coefficient (Wildman–Crippen LogP) is 2.91. The lowest BCUT2D eigenvalue weighted by molar-refractivity contribution is -0.121. The Bertz CT molecular complexity index is 932. The van der Waals surface area contributed by atoms with Crippen LogP contribution in [0.2, 0.25) is 0 Å². The summed E-state index contributed by atoms with van der Waals surface area (Å²) in [4.78, 5) is 12.2. The van der Waals surface area contributed by atoms with Crippen molar-refractivity contribution in [3.63, 3.8) is 0 Å². The number of hydrogen-bond donors (Lipinski definition) is 1. The Morgan fingerprint density at radius 3 is 2.45 bits per heavy atom. The van der Waals surface area contributed by atoms with Crippen LogP contribution in [0.4, 0.5) is 4.39 Å². The van der Waals surface area contributed by atoms with Crippen molar-refractivity contribution in [1.29, 1.82) is 0 Å². The van der Waals surface area contributed by atoms with Gasteiger partial charge in [0.15, 0.2) is 0 Å². The number of nitrogens with zero attached hydrogens (tertiary/aromatic N) is 1. The number of benzene rings is 2. The van der Waals surface area contributed by atoms with Crippen molar-refractivity contribution in [3.05, 3.63) is 65.5 Å². The van der Waals surface area contributed by atoms with Gasteiger partial charge < -0.3 is 10.1 Å². The molecule has 0 saturated heterocycles. The molecule has 2 aromatic carbocycles. The molecule has 0 saturated carbocycles. The minimum Gasteiger partial charge on any atom is -0.491 e. The van der Waals surface area contributed by atoms with Gasteiger partial charge in [-0.3, -0.25) is 4.79 Å². The number of carbonyl (C=O) groups is 1. The van der Waals surface area contributed by atoms with Gasteiger partial charge in [-0.05, 0) is 23.6 Å². The van der Waals surface area contributed by atoms with E-state index in [-0.39, 0.29) is 25.3 Å². The quantitative estimate of drug-likeness (QED) is 0.598. The van der Waals surface area contributed by atoms with Crippen molar-refractivity contribution in [3.8, 4) is 5.75 Å². The zero-order chi connectivity index (χ0) is 21.4. The Kier molecular flexibility index (Phi) is 8.16. The van der Waals surface area contributed by atoms with Crippen LogP contribution in [0.1, 0.15) is 30.9 Å². The zero-order valence-corrected chi connectivity index (χ0v) is 17.7. The first-order valence-corrected chi connectivity index (χ1v) is 11.2. The second kappa shape index (κ2) is 10.4. The number of ether oxygens (including phenoxy) is 1. The Balaban J connectivity index is 1.88. The molecule has 0 bridgehead atoms. The molecule has 0 aliphatic carbocycles. The molecule has 29 heavy (non-hydrogen) atoms. The first-order valence-electron chi connectivity index (χ1n) is 9.35. The Morgan fingerprint density at radius 2 is 1.79 bits per heavy atom. The average Bonchev–Trinajstić information content (AvgIpc) is 2.66. The smallest absolute Gasteiger partial charge is 0.235 e. The van der Waals surface area contributed by atoms with Crippen LogP contribution < -0.4 is 10.1 Å². The third-order valence-corrected chi connectivity index (χ3v) is 5.51. The Morgan fingerprint density at radius 1 is 1.14 bits per heavy atom. The first-order chi connectivity index (χ1) is 13.7. The number of nitrogens with one attached hydrogen (secondary N) is 1. The highest BCUT2D eigenvalue weighted by Gasteiger charge is 2.21. The van der Waals surface area contributed by atoms with Crippen LogP contribution in [-0.4, -0.2) is 44.6 Å². The van der Waals surface area contributed by atoms with E-state index >= 15 is 0 Å². The molecule has 0 aliphatic rings. The van der Waals surface area contributed by atoms with Gasteiger partial charge in [-0.1, -0.05) is 50.2 Å². The number of halogens is 1. The predicted molar refractivity (Wildman–Crippen MR) is 111 cm³/mol. The largest absolute Gasteiger partial charge is 0.491 e. The van der Waals surface area contributed by atoms with Gasteiger partial charge in [-0.25, -0.2) is 12.8 Å². The van der Waals surface area contributed by atoms with E-state index in [9.17, 15) is 17.6 Å². The molecule has 0 aromatic heterocycles. The standard InChI is InChI=1S/C21H27FN2O4S/c1-16(2)18-9-5-7-11-20(18)28-13-12-23-21(25)15-24(29(3,26)27)14-17-8-4-6-10-19(17)22/h4-11,16H,12-15H2,1-3H3,(H,23,25). The summed E-state index contributed by atoms with van der Waals surface area (Å²) in [6.45, 7) is 4.01. The maximum Gasteiger partial charge on any atom is 0.235 e. The van der Waals surface area contributed by atoms with E-state index in [1.165, 1.54) is 18.2 Å². The lowest BCUT2D eigenvalue weighted by Gasteiger charge is -2.20. The fourth-order valence-corrected chi connectivity index (χ4v) is 3.49. The van der Waals surface area contributed by atoms with Gasteiger partial charge in [0.05, 0.1) is 19.3 Å². The number of hydrogen-bond acceptors (Lipinski definition) is 4. The normalized spacial score (nSPS) is 11.7. The molecular formula is C21H27FN2O4S. The second-order valence-corrected chi connectivity index (χ2v) is 9.00. The minimum absolute atomic E-state index is 0.208.